The van der Waals surface area contributed by atoms with E-state index in [0.717, 1.165) is 31.7 Å². The van der Waals surface area contributed by atoms with Gasteiger partial charge in [0.05, 0.1) is 11.9 Å². The molecule has 2 rings (SSSR count). The van der Waals surface area contributed by atoms with Gasteiger partial charge in [-0.1, -0.05) is 19.0 Å². The number of rotatable bonds is 8. The minimum Gasteiger partial charge on any atom is -0.360 e. The predicted molar refractivity (Wildman–Crippen MR) is 93.8 cm³/mol. The summed E-state index contributed by atoms with van der Waals surface area (Å²) in [5.74, 6) is 1.11. The summed E-state index contributed by atoms with van der Waals surface area (Å²) in [6.07, 6.45) is 3.59. The van der Waals surface area contributed by atoms with Crippen molar-refractivity contribution >= 4 is 21.5 Å². The highest BCUT2D eigenvalue weighted by atomic mass is 32.2. The molecule has 0 aliphatic carbocycles. The molecule has 0 unspecified atom stereocenters. The number of nitrogens with zero attached hydrogens (tertiary/aromatic N) is 3. The average Bonchev–Trinajstić information content (AvgIpc) is 2.87. The van der Waals surface area contributed by atoms with Crippen LogP contribution in [0.25, 0.3) is 0 Å². The van der Waals surface area contributed by atoms with Crippen LogP contribution < -0.4 is 9.62 Å². The summed E-state index contributed by atoms with van der Waals surface area (Å²) >= 11 is 0. The van der Waals surface area contributed by atoms with E-state index in [1.807, 2.05) is 6.07 Å². The lowest BCUT2D eigenvalue weighted by molar-refractivity contribution is 0.390. The Bertz CT molecular complexity index is 744. The number of nitrogens with one attached hydrogen (secondary N) is 1. The van der Waals surface area contributed by atoms with E-state index in [4.69, 9.17) is 4.52 Å². The van der Waals surface area contributed by atoms with Crippen LogP contribution in [0.5, 0.6) is 0 Å². The van der Waals surface area contributed by atoms with Crippen molar-refractivity contribution in [2.24, 2.45) is 0 Å². The van der Waals surface area contributed by atoms with Gasteiger partial charge in [0.25, 0.3) is 10.0 Å². The molecule has 0 radical (unpaired) electrons. The van der Waals surface area contributed by atoms with E-state index < -0.39 is 10.0 Å². The number of aryl methyl sites for hydroxylation is 2. The lowest BCUT2D eigenvalue weighted by Crippen LogP contribution is -2.25. The number of aromatic nitrogens is 2. The molecule has 0 saturated heterocycles. The lowest BCUT2D eigenvalue weighted by Gasteiger charge is -2.22. The SMILES string of the molecule is CCCN(CCC)c1ccc(NS(=O)(=O)c2c(C)noc2C)cn1. The fraction of sp³-hybridized carbons (Fsp3) is 0.500. The molecule has 24 heavy (non-hydrogen) atoms. The molecule has 0 aliphatic rings. The highest BCUT2D eigenvalue weighted by Crippen LogP contribution is 2.23. The summed E-state index contributed by atoms with van der Waals surface area (Å²) in [6.45, 7) is 9.25. The van der Waals surface area contributed by atoms with Crippen molar-refractivity contribution in [1.29, 1.82) is 0 Å². The Morgan fingerprint density at radius 2 is 1.83 bits per heavy atom. The molecule has 0 bridgehead atoms. The second-order valence-corrected chi connectivity index (χ2v) is 7.27. The van der Waals surface area contributed by atoms with E-state index in [1.54, 1.807) is 19.9 Å². The zero-order valence-electron chi connectivity index (χ0n) is 14.5. The Hall–Kier alpha value is -2.09. The van der Waals surface area contributed by atoms with Gasteiger partial charge in [-0.2, -0.15) is 0 Å². The van der Waals surface area contributed by atoms with Crippen molar-refractivity contribution in [3.63, 3.8) is 0 Å². The number of sulfonamides is 1. The molecule has 1 N–H and O–H groups in total. The highest BCUT2D eigenvalue weighted by Gasteiger charge is 2.24. The third kappa shape index (κ3) is 4.05. The Kier molecular flexibility index (Phi) is 5.82. The maximum atomic E-state index is 12.5. The van der Waals surface area contributed by atoms with Gasteiger partial charge in [-0.3, -0.25) is 4.72 Å². The van der Waals surface area contributed by atoms with Gasteiger partial charge in [-0.05, 0) is 38.8 Å². The van der Waals surface area contributed by atoms with E-state index in [0.29, 0.717) is 11.4 Å². The van der Waals surface area contributed by atoms with E-state index >= 15 is 0 Å². The molecule has 0 atom stereocenters. The quantitative estimate of drug-likeness (QED) is 0.785. The Balaban J connectivity index is 2.19. The molecule has 0 fully saturated rings. The molecule has 132 valence electrons. The second kappa shape index (κ2) is 7.65. The summed E-state index contributed by atoms with van der Waals surface area (Å²) < 4.78 is 32.4. The molecule has 0 spiro atoms. The minimum atomic E-state index is -3.74. The van der Waals surface area contributed by atoms with Crippen molar-refractivity contribution in [2.45, 2.75) is 45.4 Å². The van der Waals surface area contributed by atoms with Crippen LogP contribution in [-0.2, 0) is 10.0 Å². The maximum Gasteiger partial charge on any atom is 0.267 e. The van der Waals surface area contributed by atoms with Gasteiger partial charge in [0.15, 0.2) is 10.7 Å². The fourth-order valence-corrected chi connectivity index (χ4v) is 3.95. The third-order valence-corrected chi connectivity index (χ3v) is 5.17. The molecule has 7 nitrogen and oxygen atoms in total. The zero-order valence-corrected chi connectivity index (χ0v) is 15.4. The number of anilines is 2. The normalized spacial score (nSPS) is 11.5. The molecule has 2 heterocycles. The Morgan fingerprint density at radius 1 is 1.17 bits per heavy atom. The summed E-state index contributed by atoms with van der Waals surface area (Å²) in [7, 11) is -3.74. The molecule has 2 aromatic rings. The van der Waals surface area contributed by atoms with Crippen LogP contribution >= 0.6 is 0 Å². The summed E-state index contributed by atoms with van der Waals surface area (Å²) in [5.41, 5.74) is 0.744. The number of hydrogen-bond acceptors (Lipinski definition) is 6. The van der Waals surface area contributed by atoms with Crippen LogP contribution in [0.2, 0.25) is 0 Å². The third-order valence-electron chi connectivity index (χ3n) is 3.55. The van der Waals surface area contributed by atoms with Crippen LogP contribution in [0.3, 0.4) is 0 Å². The monoisotopic (exact) mass is 352 g/mol. The van der Waals surface area contributed by atoms with Gasteiger partial charge in [0, 0.05) is 13.1 Å². The van der Waals surface area contributed by atoms with Crippen LogP contribution in [0, 0.1) is 13.8 Å². The zero-order chi connectivity index (χ0) is 17.7. The van der Waals surface area contributed by atoms with Crippen molar-refractivity contribution < 1.29 is 12.9 Å². The maximum absolute atomic E-state index is 12.5. The second-order valence-electron chi connectivity index (χ2n) is 5.65. The van der Waals surface area contributed by atoms with Crippen LogP contribution in [0.1, 0.15) is 38.1 Å². The van der Waals surface area contributed by atoms with Gasteiger partial charge >= 0.3 is 0 Å². The summed E-state index contributed by atoms with van der Waals surface area (Å²) in [4.78, 5) is 6.65. The first kappa shape index (κ1) is 18.3. The van der Waals surface area contributed by atoms with E-state index in [-0.39, 0.29) is 10.7 Å². The molecular formula is C16H24N4O3S. The average molecular weight is 352 g/mol. The largest absolute Gasteiger partial charge is 0.360 e. The van der Waals surface area contributed by atoms with Gasteiger partial charge in [0.2, 0.25) is 0 Å². The first-order chi connectivity index (χ1) is 11.4. The fourth-order valence-electron chi connectivity index (χ4n) is 2.58. The summed E-state index contributed by atoms with van der Waals surface area (Å²) in [6, 6.07) is 3.55. The standard InChI is InChI=1S/C16H24N4O3S/c1-5-9-20(10-6-2)15-8-7-14(11-17-15)19-24(21,22)16-12(3)18-23-13(16)4/h7-8,11,19H,5-6,9-10H2,1-4H3. The lowest BCUT2D eigenvalue weighted by atomic mass is 10.3. The molecule has 0 saturated carbocycles. The van der Waals surface area contributed by atoms with Crippen LogP contribution in [-0.4, -0.2) is 31.6 Å². The molecule has 0 aromatic carbocycles. The first-order valence-electron chi connectivity index (χ1n) is 8.05. The minimum absolute atomic E-state index is 0.0742. The van der Waals surface area contributed by atoms with Crippen molar-refractivity contribution in [3.8, 4) is 0 Å². The molecule has 2 aromatic heterocycles. The van der Waals surface area contributed by atoms with Crippen LogP contribution in [0.15, 0.2) is 27.7 Å². The van der Waals surface area contributed by atoms with Crippen molar-refractivity contribution in [3.05, 3.63) is 29.8 Å². The topological polar surface area (TPSA) is 88.3 Å². The molecule has 0 amide bonds. The summed E-state index contributed by atoms with van der Waals surface area (Å²) in [5, 5.41) is 3.69. The van der Waals surface area contributed by atoms with E-state index in [9.17, 15) is 8.42 Å². The Morgan fingerprint density at radius 3 is 2.29 bits per heavy atom. The number of hydrogen-bond donors (Lipinski definition) is 1. The van der Waals surface area contributed by atoms with Gasteiger partial charge in [0.1, 0.15) is 11.5 Å². The van der Waals surface area contributed by atoms with Crippen molar-refractivity contribution in [2.75, 3.05) is 22.7 Å². The highest BCUT2D eigenvalue weighted by molar-refractivity contribution is 7.92. The van der Waals surface area contributed by atoms with Crippen LogP contribution in [0.4, 0.5) is 11.5 Å². The van der Waals surface area contributed by atoms with Crippen molar-refractivity contribution in [1.82, 2.24) is 10.1 Å². The molecular weight excluding hydrogens is 328 g/mol. The van der Waals surface area contributed by atoms with Gasteiger partial charge in [-0.15, -0.1) is 0 Å². The number of pyridine rings is 1. The van der Waals surface area contributed by atoms with Gasteiger partial charge in [-0.25, -0.2) is 13.4 Å². The Labute approximate surface area is 143 Å². The van der Waals surface area contributed by atoms with Gasteiger partial charge < -0.3 is 9.42 Å². The first-order valence-corrected chi connectivity index (χ1v) is 9.54. The van der Waals surface area contributed by atoms with E-state index in [1.165, 1.54) is 6.20 Å². The smallest absolute Gasteiger partial charge is 0.267 e. The predicted octanol–water partition coefficient (Wildman–Crippen LogP) is 3.11. The molecule has 0 aliphatic heterocycles. The molecule has 8 heteroatoms. The van der Waals surface area contributed by atoms with E-state index in [2.05, 4.69) is 33.6 Å².